The Balaban J connectivity index is 1.12. The number of para-hydroxylation sites is 2. The molecule has 6 nitrogen and oxygen atoms in total. The quantitative estimate of drug-likeness (QED) is 0.268. The lowest BCUT2D eigenvalue weighted by Crippen LogP contribution is -2.78. The molecular weight excluding hydrogens is 617 g/mol. The third-order valence-corrected chi connectivity index (χ3v) is 17.3. The molecular formula is C44H46N4O2+2. The highest BCUT2D eigenvalue weighted by molar-refractivity contribution is 5.72. The molecule has 7 fully saturated rings. The van der Waals surface area contributed by atoms with Crippen molar-refractivity contribution in [1.29, 1.82) is 0 Å². The fourth-order valence-corrected chi connectivity index (χ4v) is 16.2. The Labute approximate surface area is 295 Å². The van der Waals surface area contributed by atoms with Gasteiger partial charge in [-0.05, 0) is 46.2 Å². The summed E-state index contributed by atoms with van der Waals surface area (Å²) in [5.41, 5.74) is 9.30. The van der Waals surface area contributed by atoms with Crippen molar-refractivity contribution in [1.82, 2.24) is 0 Å². The number of rotatable bonds is 2. The maximum Gasteiger partial charge on any atom is 0.141 e. The lowest BCUT2D eigenvalue weighted by atomic mass is 9.52. The first-order valence-corrected chi connectivity index (χ1v) is 19.6. The molecule has 11 aliphatic rings. The van der Waals surface area contributed by atoms with Crippen molar-refractivity contribution in [2.45, 2.75) is 73.1 Å². The molecule has 252 valence electrons. The number of fused-ring (bicyclic) bond motifs is 6. The van der Waals surface area contributed by atoms with Crippen LogP contribution in [0.15, 0.2) is 71.8 Å². The highest BCUT2D eigenvalue weighted by Crippen LogP contribution is 2.72. The number of terminal acetylenes is 2. The zero-order chi connectivity index (χ0) is 32.8. The Morgan fingerprint density at radius 2 is 1.14 bits per heavy atom. The van der Waals surface area contributed by atoms with Gasteiger partial charge in [0.1, 0.15) is 50.7 Å². The first-order chi connectivity index (χ1) is 24.6. The molecule has 0 radical (unpaired) electrons. The zero-order valence-corrected chi connectivity index (χ0v) is 28.8. The molecule has 50 heavy (non-hydrogen) atoms. The summed E-state index contributed by atoms with van der Waals surface area (Å²) in [5.74, 6) is 8.03. The summed E-state index contributed by atoms with van der Waals surface area (Å²) in [5, 5.41) is 0. The van der Waals surface area contributed by atoms with Gasteiger partial charge in [0.25, 0.3) is 0 Å². The van der Waals surface area contributed by atoms with E-state index in [9.17, 15) is 0 Å². The standard InChI is InChI=1S/C44H46N4O2/c1-3-17-47-19-15-43-31-9-5-7-11-33(31)45-39(43)37-29(23-35(43)47)27(25-47)13-21-49-41(37)46-34-12-8-6-10-32(34)44-16-20-48(18-4-2)26-28-14-22-50-42(45)38(40(44)46)30(28)24-36(44)48/h1-2,5-14,29-30,35-42H,15-26H2/q+2/t29?,30?,35?,36?,37?,38?,39?,40?,41?,42?,43?,44?,47-,48-/m0/s1. The van der Waals surface area contributed by atoms with Crippen molar-refractivity contribution in [2.24, 2.45) is 23.7 Å². The van der Waals surface area contributed by atoms with Crippen molar-refractivity contribution >= 4 is 11.4 Å². The first kappa shape index (κ1) is 28.1. The molecule has 13 rings (SSSR count). The van der Waals surface area contributed by atoms with Crippen molar-refractivity contribution in [3.05, 3.63) is 83.0 Å². The molecule has 2 aromatic carbocycles. The normalized spacial score (nSPS) is 49.6. The summed E-state index contributed by atoms with van der Waals surface area (Å²) in [6, 6.07) is 20.8. The lowest BCUT2D eigenvalue weighted by Gasteiger charge is -2.65. The minimum atomic E-state index is -0.00209. The number of benzene rings is 2. The van der Waals surface area contributed by atoms with Gasteiger partial charge < -0.3 is 28.2 Å². The summed E-state index contributed by atoms with van der Waals surface area (Å²) in [7, 11) is 0. The van der Waals surface area contributed by atoms with Crippen LogP contribution < -0.4 is 9.80 Å². The molecule has 2 aliphatic carbocycles. The predicted octanol–water partition coefficient (Wildman–Crippen LogP) is 4.56. The van der Waals surface area contributed by atoms with Gasteiger partial charge in [-0.3, -0.25) is 0 Å². The molecule has 9 heterocycles. The Kier molecular flexibility index (Phi) is 5.01. The van der Waals surface area contributed by atoms with Crippen LogP contribution in [-0.4, -0.2) is 98.1 Å². The maximum absolute atomic E-state index is 7.48. The Bertz CT molecular complexity index is 1910. The fraction of sp³-hybridized carbons (Fsp3) is 0.545. The maximum atomic E-state index is 7.48. The Hall–Kier alpha value is -3.52. The van der Waals surface area contributed by atoms with Crippen molar-refractivity contribution in [3.8, 4) is 24.7 Å². The smallest absolute Gasteiger partial charge is 0.141 e. The highest BCUT2D eigenvalue weighted by atomic mass is 16.5. The number of anilines is 2. The molecule has 2 spiro atoms. The van der Waals surface area contributed by atoms with Gasteiger partial charge in [-0.1, -0.05) is 48.6 Å². The van der Waals surface area contributed by atoms with E-state index in [0.717, 1.165) is 48.2 Å². The van der Waals surface area contributed by atoms with Gasteiger partial charge in [-0.15, -0.1) is 12.8 Å². The second-order valence-electron chi connectivity index (χ2n) is 18.1. The molecule has 5 saturated heterocycles. The summed E-state index contributed by atoms with van der Waals surface area (Å²) in [4.78, 5) is 5.87. The van der Waals surface area contributed by atoms with Crippen molar-refractivity contribution in [3.63, 3.8) is 0 Å². The molecule has 14 atom stereocenters. The zero-order valence-electron chi connectivity index (χ0n) is 28.8. The number of ether oxygens (including phenoxy) is 2. The molecule has 9 aliphatic heterocycles. The van der Waals surface area contributed by atoms with E-state index in [2.05, 4.69) is 82.3 Å². The van der Waals surface area contributed by atoms with Gasteiger partial charge >= 0.3 is 0 Å². The average molecular weight is 663 g/mol. The average Bonchev–Trinajstić information content (AvgIpc) is 3.75. The van der Waals surface area contributed by atoms with Crippen molar-refractivity contribution < 1.29 is 18.4 Å². The summed E-state index contributed by atoms with van der Waals surface area (Å²) < 4.78 is 17.1. The van der Waals surface area contributed by atoms with Gasteiger partial charge in [-0.25, -0.2) is 0 Å². The van der Waals surface area contributed by atoms with Crippen LogP contribution in [0, 0.1) is 48.4 Å². The van der Waals surface area contributed by atoms with Crippen LogP contribution >= 0.6 is 0 Å². The number of hydrogen-bond donors (Lipinski definition) is 0. The molecule has 0 amide bonds. The van der Waals surface area contributed by atoms with Gasteiger partial charge in [0.15, 0.2) is 0 Å². The number of nitrogens with zero attached hydrogens (tertiary/aromatic N) is 4. The van der Waals surface area contributed by atoms with Crippen LogP contribution in [0.25, 0.3) is 0 Å². The van der Waals surface area contributed by atoms with Crippen LogP contribution in [0.1, 0.15) is 36.8 Å². The van der Waals surface area contributed by atoms with E-state index in [1.165, 1.54) is 37.1 Å². The summed E-state index contributed by atoms with van der Waals surface area (Å²) in [6.45, 7) is 7.49. The highest BCUT2D eigenvalue weighted by Gasteiger charge is 2.80. The van der Waals surface area contributed by atoms with E-state index in [1.807, 2.05) is 0 Å². The molecule has 12 unspecified atom stereocenters. The van der Waals surface area contributed by atoms with E-state index in [0.29, 0.717) is 61.1 Å². The summed E-state index contributed by atoms with van der Waals surface area (Å²) >= 11 is 0. The monoisotopic (exact) mass is 662 g/mol. The van der Waals surface area contributed by atoms with E-state index >= 15 is 0 Å². The fourth-order valence-electron chi connectivity index (χ4n) is 16.2. The third-order valence-electron chi connectivity index (χ3n) is 17.3. The van der Waals surface area contributed by atoms with Gasteiger partial charge in [-0.2, -0.15) is 0 Å². The Morgan fingerprint density at radius 3 is 1.60 bits per heavy atom. The molecule has 2 aromatic rings. The molecule has 0 N–H and O–H groups in total. The molecule has 2 saturated carbocycles. The molecule has 4 bridgehead atoms. The van der Waals surface area contributed by atoms with Crippen LogP contribution in [0.3, 0.4) is 0 Å². The lowest BCUT2D eigenvalue weighted by molar-refractivity contribution is -0.936. The number of piperidine rings is 2. The molecule has 0 aromatic heterocycles. The Morgan fingerprint density at radius 1 is 0.680 bits per heavy atom. The van der Waals surface area contributed by atoms with Crippen LogP contribution in [-0.2, 0) is 20.3 Å². The topological polar surface area (TPSA) is 24.9 Å². The first-order valence-electron chi connectivity index (χ1n) is 19.6. The van der Waals surface area contributed by atoms with Gasteiger partial charge in [0, 0.05) is 60.7 Å². The van der Waals surface area contributed by atoms with Crippen LogP contribution in [0.2, 0.25) is 0 Å². The van der Waals surface area contributed by atoms with Crippen LogP contribution in [0.4, 0.5) is 11.4 Å². The van der Waals surface area contributed by atoms with Gasteiger partial charge in [0.05, 0.1) is 49.2 Å². The number of quaternary nitrogens is 2. The van der Waals surface area contributed by atoms with E-state index in [1.54, 1.807) is 22.3 Å². The van der Waals surface area contributed by atoms with Crippen LogP contribution in [0.5, 0.6) is 0 Å². The second-order valence-corrected chi connectivity index (χ2v) is 18.1. The van der Waals surface area contributed by atoms with E-state index < -0.39 is 0 Å². The summed E-state index contributed by atoms with van der Waals surface area (Å²) in [6.07, 6.45) is 22.3. The predicted molar refractivity (Wildman–Crippen MR) is 192 cm³/mol. The second kappa shape index (κ2) is 8.91. The third kappa shape index (κ3) is 2.76. The van der Waals surface area contributed by atoms with Gasteiger partial charge in [0.2, 0.25) is 0 Å². The largest absolute Gasteiger partial charge is 0.354 e. The SMILES string of the molecule is C#CC[N@+]12CCC34c5ccccc5N5C6OCC=C7C[N@+]8(CC#C)CCC9%10c%11ccccc%11N(C%11OCC=C(C1)C(CC32)C%11C54)C9C6C7CC%108. The van der Waals surface area contributed by atoms with E-state index in [-0.39, 0.29) is 23.3 Å². The molecule has 6 heteroatoms. The van der Waals surface area contributed by atoms with Crippen molar-refractivity contribution in [2.75, 3.05) is 62.3 Å². The minimum Gasteiger partial charge on any atom is -0.354 e. The minimum absolute atomic E-state index is 0.00209. The van der Waals surface area contributed by atoms with E-state index in [4.69, 9.17) is 22.3 Å². The number of hydrogen-bond acceptors (Lipinski definition) is 4.